The molecule has 0 spiro atoms. The van der Waals surface area contributed by atoms with Crippen molar-refractivity contribution in [3.63, 3.8) is 0 Å². The molecule has 2 heterocycles. The van der Waals surface area contributed by atoms with E-state index in [-0.39, 0.29) is 23.2 Å². The number of aliphatic hydroxyl groups is 1. The number of hydrogen-bond acceptors (Lipinski definition) is 6. The molecule has 1 aliphatic heterocycles. The topological polar surface area (TPSA) is 92.9 Å². The van der Waals surface area contributed by atoms with Crippen molar-refractivity contribution in [1.82, 2.24) is 10.1 Å². The summed E-state index contributed by atoms with van der Waals surface area (Å²) in [6, 6.07) is 7.69. The van der Waals surface area contributed by atoms with Gasteiger partial charge < -0.3 is 19.3 Å². The highest BCUT2D eigenvalue weighted by Gasteiger charge is 2.36. The minimum atomic E-state index is -0.383. The van der Waals surface area contributed by atoms with E-state index in [1.165, 1.54) is 0 Å². The van der Waals surface area contributed by atoms with Crippen molar-refractivity contribution in [3.05, 3.63) is 46.8 Å². The van der Waals surface area contributed by atoms with Crippen LogP contribution in [-0.4, -0.2) is 52.7 Å². The average Bonchev–Trinajstić information content (AvgIpc) is 3.32. The molecule has 0 radical (unpaired) electrons. The standard InChI is InChI=1S/C24H30N2O5/c1-24(2)13-19-23(20(28)14-24)21(31-25-19)12-16-5-7-18(8-6-16)30-11-3-4-22(29)26-10-9-17(27)15-26/h5-8,17,27H,3-4,9-15H2,1-2H3. The molecule has 2 aromatic rings. The predicted molar refractivity (Wildman–Crippen MR) is 114 cm³/mol. The van der Waals surface area contributed by atoms with Crippen LogP contribution >= 0.6 is 0 Å². The summed E-state index contributed by atoms with van der Waals surface area (Å²) in [6.07, 6.45) is 3.13. The van der Waals surface area contributed by atoms with Gasteiger partial charge in [0, 0.05) is 32.4 Å². The first-order chi connectivity index (χ1) is 14.8. The summed E-state index contributed by atoms with van der Waals surface area (Å²) in [5, 5.41) is 13.7. The number of ketones is 1. The van der Waals surface area contributed by atoms with E-state index in [4.69, 9.17) is 9.26 Å². The Morgan fingerprint density at radius 2 is 2.06 bits per heavy atom. The number of carbonyl (C=O) groups is 2. The highest BCUT2D eigenvalue weighted by atomic mass is 16.5. The van der Waals surface area contributed by atoms with E-state index in [1.54, 1.807) is 4.90 Å². The number of aliphatic hydroxyl groups excluding tert-OH is 1. The predicted octanol–water partition coefficient (Wildman–Crippen LogP) is 3.17. The van der Waals surface area contributed by atoms with Gasteiger partial charge in [-0.3, -0.25) is 9.59 Å². The minimum Gasteiger partial charge on any atom is -0.494 e. The monoisotopic (exact) mass is 426 g/mol. The van der Waals surface area contributed by atoms with Crippen LogP contribution in [0.4, 0.5) is 0 Å². The van der Waals surface area contributed by atoms with Gasteiger partial charge in [-0.2, -0.15) is 0 Å². The van der Waals surface area contributed by atoms with Gasteiger partial charge in [0.15, 0.2) is 11.5 Å². The van der Waals surface area contributed by atoms with E-state index in [2.05, 4.69) is 19.0 Å². The molecule has 0 bridgehead atoms. The lowest BCUT2D eigenvalue weighted by atomic mass is 9.75. The second kappa shape index (κ2) is 8.83. The fourth-order valence-corrected chi connectivity index (χ4v) is 4.39. The normalized spacial score (nSPS) is 20.0. The zero-order valence-corrected chi connectivity index (χ0v) is 18.2. The first-order valence-electron chi connectivity index (χ1n) is 11.0. The van der Waals surface area contributed by atoms with Crippen LogP contribution in [0, 0.1) is 5.41 Å². The quantitative estimate of drug-likeness (QED) is 0.684. The molecule has 4 rings (SSSR count). The number of hydrogen-bond donors (Lipinski definition) is 1. The number of nitrogens with zero attached hydrogens (tertiary/aromatic N) is 2. The Morgan fingerprint density at radius 1 is 1.29 bits per heavy atom. The second-order valence-corrected chi connectivity index (χ2v) is 9.42. The van der Waals surface area contributed by atoms with Crippen molar-refractivity contribution in [2.45, 2.75) is 58.5 Å². The van der Waals surface area contributed by atoms with Crippen molar-refractivity contribution in [2.24, 2.45) is 5.41 Å². The third-order valence-electron chi connectivity index (χ3n) is 6.01. The molecule has 31 heavy (non-hydrogen) atoms. The number of ether oxygens (including phenoxy) is 1. The molecule has 1 aromatic heterocycles. The third kappa shape index (κ3) is 5.15. The van der Waals surface area contributed by atoms with Gasteiger partial charge >= 0.3 is 0 Å². The van der Waals surface area contributed by atoms with Crippen LogP contribution in [0.2, 0.25) is 0 Å². The Bertz CT molecular complexity index is 947. The van der Waals surface area contributed by atoms with E-state index in [1.807, 2.05) is 24.3 Å². The fourth-order valence-electron chi connectivity index (χ4n) is 4.39. The fraction of sp³-hybridized carbons (Fsp3) is 0.542. The number of rotatable bonds is 7. The van der Waals surface area contributed by atoms with Crippen molar-refractivity contribution >= 4 is 11.7 Å². The van der Waals surface area contributed by atoms with Crippen molar-refractivity contribution in [3.8, 4) is 5.75 Å². The van der Waals surface area contributed by atoms with E-state index >= 15 is 0 Å². The summed E-state index contributed by atoms with van der Waals surface area (Å²) in [6.45, 7) is 5.70. The minimum absolute atomic E-state index is 0.0719. The van der Waals surface area contributed by atoms with Gasteiger partial charge in [0.05, 0.1) is 24.0 Å². The van der Waals surface area contributed by atoms with E-state index < -0.39 is 0 Å². The maximum absolute atomic E-state index is 12.6. The summed E-state index contributed by atoms with van der Waals surface area (Å²) in [5.41, 5.74) is 2.38. The van der Waals surface area contributed by atoms with E-state index in [0.29, 0.717) is 63.1 Å². The molecular weight excluding hydrogens is 396 g/mol. The lowest BCUT2D eigenvalue weighted by Crippen LogP contribution is -2.29. The molecule has 166 valence electrons. The third-order valence-corrected chi connectivity index (χ3v) is 6.01. The number of fused-ring (bicyclic) bond motifs is 1. The Morgan fingerprint density at radius 3 is 2.77 bits per heavy atom. The van der Waals surface area contributed by atoms with Crippen LogP contribution < -0.4 is 4.74 Å². The zero-order valence-electron chi connectivity index (χ0n) is 18.2. The number of likely N-dealkylation sites (tertiary alicyclic amines) is 1. The highest BCUT2D eigenvalue weighted by molar-refractivity contribution is 5.99. The molecule has 1 aliphatic carbocycles. The number of β-amino-alcohol motifs (C(OH)–C–C–N with tert-alkyl or cyclic N) is 1. The van der Waals surface area contributed by atoms with Gasteiger partial charge in [0.1, 0.15) is 5.75 Å². The van der Waals surface area contributed by atoms with Gasteiger partial charge in [0.25, 0.3) is 0 Å². The number of aromatic nitrogens is 1. The first-order valence-corrected chi connectivity index (χ1v) is 11.0. The molecule has 1 atom stereocenters. The van der Waals surface area contributed by atoms with Gasteiger partial charge in [-0.15, -0.1) is 0 Å². The van der Waals surface area contributed by atoms with Crippen LogP contribution in [0.25, 0.3) is 0 Å². The molecule has 0 saturated carbocycles. The van der Waals surface area contributed by atoms with Crippen LogP contribution in [0.3, 0.4) is 0 Å². The van der Waals surface area contributed by atoms with Crippen molar-refractivity contribution < 1.29 is 24.0 Å². The van der Waals surface area contributed by atoms with E-state index in [9.17, 15) is 14.7 Å². The van der Waals surface area contributed by atoms with Crippen molar-refractivity contribution in [2.75, 3.05) is 19.7 Å². The number of carbonyl (C=O) groups excluding carboxylic acids is 2. The Balaban J connectivity index is 1.26. The lowest BCUT2D eigenvalue weighted by molar-refractivity contribution is -0.130. The number of amides is 1. The largest absolute Gasteiger partial charge is 0.494 e. The van der Waals surface area contributed by atoms with Crippen molar-refractivity contribution in [1.29, 1.82) is 0 Å². The second-order valence-electron chi connectivity index (χ2n) is 9.42. The highest BCUT2D eigenvalue weighted by Crippen LogP contribution is 2.36. The molecule has 7 heteroatoms. The van der Waals surface area contributed by atoms with Gasteiger partial charge in [-0.25, -0.2) is 0 Å². The molecule has 1 N–H and O–H groups in total. The maximum atomic E-state index is 12.6. The molecule has 1 unspecified atom stereocenters. The molecule has 2 aliphatic rings. The summed E-state index contributed by atoms with van der Waals surface area (Å²) < 4.78 is 11.3. The summed E-state index contributed by atoms with van der Waals surface area (Å²) in [7, 11) is 0. The SMILES string of the molecule is CC1(C)CC(=O)c2c(noc2Cc2ccc(OCCCC(=O)N3CCC(O)C3)cc2)C1. The van der Waals surface area contributed by atoms with E-state index in [0.717, 1.165) is 23.4 Å². The summed E-state index contributed by atoms with van der Waals surface area (Å²) in [5.74, 6) is 1.56. The molecule has 1 saturated heterocycles. The van der Waals surface area contributed by atoms with Gasteiger partial charge in [-0.1, -0.05) is 31.1 Å². The smallest absolute Gasteiger partial charge is 0.222 e. The van der Waals surface area contributed by atoms with Crippen LogP contribution in [-0.2, 0) is 17.6 Å². The molecule has 7 nitrogen and oxygen atoms in total. The summed E-state index contributed by atoms with van der Waals surface area (Å²) >= 11 is 0. The number of benzene rings is 1. The Hall–Kier alpha value is -2.67. The maximum Gasteiger partial charge on any atom is 0.222 e. The molecule has 1 fully saturated rings. The summed E-state index contributed by atoms with van der Waals surface area (Å²) in [4.78, 5) is 26.4. The number of Topliss-reactive ketones (excluding diaryl/α,β-unsaturated/α-hetero) is 1. The molecular formula is C24H30N2O5. The van der Waals surface area contributed by atoms with Crippen LogP contribution in [0.5, 0.6) is 5.75 Å². The Labute approximate surface area is 182 Å². The molecule has 1 amide bonds. The molecule has 1 aromatic carbocycles. The van der Waals surface area contributed by atoms with Crippen LogP contribution in [0.15, 0.2) is 28.8 Å². The van der Waals surface area contributed by atoms with Gasteiger partial charge in [0.2, 0.25) is 5.91 Å². The lowest BCUT2D eigenvalue weighted by Gasteiger charge is -2.26. The Kier molecular flexibility index (Phi) is 6.14. The average molecular weight is 427 g/mol. The van der Waals surface area contributed by atoms with Gasteiger partial charge in [-0.05, 0) is 42.4 Å². The van der Waals surface area contributed by atoms with Crippen LogP contribution in [0.1, 0.15) is 66.9 Å². The first kappa shape index (κ1) is 21.6. The zero-order chi connectivity index (χ0) is 22.0.